The van der Waals surface area contributed by atoms with E-state index in [0.29, 0.717) is 5.69 Å². The Balaban J connectivity index is 1.71. The Hall–Kier alpha value is -2.28. The van der Waals surface area contributed by atoms with Gasteiger partial charge in [0.25, 0.3) is 0 Å². The Kier molecular flexibility index (Phi) is 5.09. The molecule has 1 aromatic heterocycles. The Bertz CT molecular complexity index is 682. The molecule has 0 radical (unpaired) electrons. The van der Waals surface area contributed by atoms with Gasteiger partial charge in [0.05, 0.1) is 18.8 Å². The van der Waals surface area contributed by atoms with E-state index in [1.54, 1.807) is 6.92 Å². The minimum absolute atomic E-state index is 0.0212. The summed E-state index contributed by atoms with van der Waals surface area (Å²) in [6.45, 7) is 2.94. The first-order valence-corrected chi connectivity index (χ1v) is 8.08. The highest BCUT2D eigenvalue weighted by Gasteiger charge is 2.43. The number of nitrogens with zero attached hydrogens (tertiary/aromatic N) is 4. The van der Waals surface area contributed by atoms with Crippen LogP contribution in [0.15, 0.2) is 6.20 Å². The summed E-state index contributed by atoms with van der Waals surface area (Å²) in [4.78, 5) is 24.3. The lowest BCUT2D eigenvalue weighted by atomic mass is 9.99. The number of aliphatic hydroxyl groups excluding tert-OH is 3. The second-order valence-corrected chi connectivity index (χ2v) is 6.31. The first-order valence-electron chi connectivity index (χ1n) is 8.08. The molecule has 0 saturated carbocycles. The van der Waals surface area contributed by atoms with E-state index in [0.717, 1.165) is 0 Å². The quantitative estimate of drug-likeness (QED) is 0.456. The van der Waals surface area contributed by atoms with Gasteiger partial charge in [0.1, 0.15) is 36.8 Å². The predicted molar refractivity (Wildman–Crippen MR) is 82.1 cm³/mol. The van der Waals surface area contributed by atoms with Gasteiger partial charge in [-0.05, 0) is 6.92 Å². The van der Waals surface area contributed by atoms with Crippen molar-refractivity contribution in [1.82, 2.24) is 25.2 Å². The number of carbonyl (C=O) groups excluding carboxylic acids is 2. The number of cyclic esters (lactones) is 1. The summed E-state index contributed by atoms with van der Waals surface area (Å²) in [5, 5.41) is 40.1. The molecule has 2 fully saturated rings. The van der Waals surface area contributed by atoms with Crippen molar-refractivity contribution in [1.29, 1.82) is 0 Å². The average Bonchev–Trinajstić information content (AvgIpc) is 3.18. The van der Waals surface area contributed by atoms with Crippen LogP contribution in [0.5, 0.6) is 0 Å². The molecule has 3 heterocycles. The Morgan fingerprint density at radius 2 is 2.08 bits per heavy atom. The van der Waals surface area contributed by atoms with Crippen LogP contribution in [-0.4, -0.2) is 84.4 Å². The van der Waals surface area contributed by atoms with E-state index in [2.05, 4.69) is 15.6 Å². The van der Waals surface area contributed by atoms with Gasteiger partial charge < -0.3 is 30.1 Å². The van der Waals surface area contributed by atoms with Gasteiger partial charge in [0, 0.05) is 6.92 Å². The lowest BCUT2D eigenvalue weighted by molar-refractivity contribution is -0.243. The van der Waals surface area contributed by atoms with E-state index in [1.165, 1.54) is 22.7 Å². The fraction of sp³-hybridized carbons (Fsp3) is 0.714. The van der Waals surface area contributed by atoms with Crippen LogP contribution in [0.2, 0.25) is 0 Å². The van der Waals surface area contributed by atoms with Gasteiger partial charge in [-0.2, -0.15) is 0 Å². The molecule has 0 aromatic carbocycles. The lowest BCUT2D eigenvalue weighted by Gasteiger charge is -2.38. The molecule has 3 rings (SSSR count). The lowest BCUT2D eigenvalue weighted by Crippen LogP contribution is -2.54. The summed E-state index contributed by atoms with van der Waals surface area (Å²) in [6, 6.07) is 0. The molecule has 0 bridgehead atoms. The van der Waals surface area contributed by atoms with Crippen molar-refractivity contribution in [2.75, 3.05) is 6.61 Å². The van der Waals surface area contributed by atoms with Crippen molar-refractivity contribution in [3.63, 3.8) is 0 Å². The van der Waals surface area contributed by atoms with Gasteiger partial charge in [-0.15, -0.1) is 5.10 Å². The minimum Gasteiger partial charge on any atom is -0.445 e. The fourth-order valence-electron chi connectivity index (χ4n) is 2.91. The molecule has 2 saturated heterocycles. The van der Waals surface area contributed by atoms with Crippen molar-refractivity contribution >= 4 is 12.0 Å². The van der Waals surface area contributed by atoms with Crippen LogP contribution in [-0.2, 0) is 20.8 Å². The zero-order chi connectivity index (χ0) is 19.0. The summed E-state index contributed by atoms with van der Waals surface area (Å²) in [5.74, 6) is -0.304. The van der Waals surface area contributed by atoms with E-state index in [-0.39, 0.29) is 19.1 Å². The molecule has 6 atom stereocenters. The maximum atomic E-state index is 11.8. The minimum atomic E-state index is -1.40. The molecular formula is C14H21N5O7. The number of aliphatic hydroxyl groups is 3. The summed E-state index contributed by atoms with van der Waals surface area (Å²) in [5.41, 5.74) is 0.364. The second kappa shape index (κ2) is 7.15. The molecule has 12 nitrogen and oxygen atoms in total. The monoisotopic (exact) mass is 371 g/mol. The standard InChI is InChI=1S/C14H21N5O7/c1-6-10(21)11(22)12(23)13(26-6)19-4-8(16-17-19)3-18-9(15-7(2)20)5-25-14(18)24/h4,6,9-13,21-23H,3,5H2,1-2H3,(H,15,20)/t6-,9-,10+,11+,12-,13-/m0/s1. The van der Waals surface area contributed by atoms with Crippen LogP contribution in [0.25, 0.3) is 0 Å². The van der Waals surface area contributed by atoms with E-state index >= 15 is 0 Å². The van der Waals surface area contributed by atoms with E-state index < -0.39 is 42.9 Å². The molecular weight excluding hydrogens is 350 g/mol. The number of aromatic nitrogens is 3. The van der Waals surface area contributed by atoms with Crippen LogP contribution in [0.1, 0.15) is 25.8 Å². The van der Waals surface area contributed by atoms with Gasteiger partial charge in [0.15, 0.2) is 6.23 Å². The smallest absolute Gasteiger partial charge is 0.412 e. The molecule has 2 aliphatic heterocycles. The molecule has 4 N–H and O–H groups in total. The van der Waals surface area contributed by atoms with Crippen LogP contribution in [0, 0.1) is 0 Å². The van der Waals surface area contributed by atoms with Crippen molar-refractivity contribution < 1.29 is 34.4 Å². The zero-order valence-corrected chi connectivity index (χ0v) is 14.2. The van der Waals surface area contributed by atoms with Crippen molar-refractivity contribution in [3.8, 4) is 0 Å². The first kappa shape index (κ1) is 18.5. The highest BCUT2D eigenvalue weighted by Crippen LogP contribution is 2.27. The van der Waals surface area contributed by atoms with E-state index in [1.807, 2.05) is 0 Å². The Morgan fingerprint density at radius 1 is 1.35 bits per heavy atom. The van der Waals surface area contributed by atoms with Crippen molar-refractivity contribution in [2.45, 2.75) is 57.2 Å². The molecule has 0 aliphatic carbocycles. The van der Waals surface area contributed by atoms with Crippen LogP contribution >= 0.6 is 0 Å². The van der Waals surface area contributed by atoms with Crippen LogP contribution < -0.4 is 5.32 Å². The fourth-order valence-corrected chi connectivity index (χ4v) is 2.91. The SMILES string of the molecule is CC(=O)N[C@@H]1COC(=O)N1Cc1cn([C@H]2O[C@@H](C)[C@@H](O)[C@@H](O)[C@@H]2O)nn1. The van der Waals surface area contributed by atoms with Crippen LogP contribution in [0.4, 0.5) is 4.79 Å². The third-order valence-corrected chi connectivity index (χ3v) is 4.32. The molecule has 144 valence electrons. The van der Waals surface area contributed by atoms with Crippen molar-refractivity contribution in [2.24, 2.45) is 0 Å². The number of nitrogens with one attached hydrogen (secondary N) is 1. The summed E-state index contributed by atoms with van der Waals surface area (Å²) < 4.78 is 11.6. The normalized spacial score (nSPS) is 34.7. The molecule has 2 amide bonds. The Morgan fingerprint density at radius 3 is 2.77 bits per heavy atom. The summed E-state index contributed by atoms with van der Waals surface area (Å²) >= 11 is 0. The third-order valence-electron chi connectivity index (χ3n) is 4.32. The number of carbonyl (C=O) groups is 2. The van der Waals surface area contributed by atoms with Gasteiger partial charge in [-0.25, -0.2) is 9.48 Å². The summed E-state index contributed by atoms with van der Waals surface area (Å²) in [6.07, 6.45) is -5.54. The van der Waals surface area contributed by atoms with Crippen molar-refractivity contribution in [3.05, 3.63) is 11.9 Å². The second-order valence-electron chi connectivity index (χ2n) is 6.31. The number of hydrogen-bond donors (Lipinski definition) is 4. The maximum Gasteiger partial charge on any atom is 0.412 e. The molecule has 0 unspecified atom stereocenters. The highest BCUT2D eigenvalue weighted by molar-refractivity contribution is 5.75. The highest BCUT2D eigenvalue weighted by atomic mass is 16.6. The number of ether oxygens (including phenoxy) is 2. The van der Waals surface area contributed by atoms with Crippen LogP contribution in [0.3, 0.4) is 0 Å². The summed E-state index contributed by atoms with van der Waals surface area (Å²) in [7, 11) is 0. The van der Waals surface area contributed by atoms with Gasteiger partial charge >= 0.3 is 6.09 Å². The van der Waals surface area contributed by atoms with Gasteiger partial charge in [-0.3, -0.25) is 9.69 Å². The predicted octanol–water partition coefficient (Wildman–Crippen LogP) is -2.31. The molecule has 12 heteroatoms. The van der Waals surface area contributed by atoms with E-state index in [4.69, 9.17) is 9.47 Å². The molecule has 0 spiro atoms. The van der Waals surface area contributed by atoms with E-state index in [9.17, 15) is 24.9 Å². The largest absolute Gasteiger partial charge is 0.445 e. The maximum absolute atomic E-state index is 11.8. The van der Waals surface area contributed by atoms with Gasteiger partial charge in [0.2, 0.25) is 5.91 Å². The molecule has 26 heavy (non-hydrogen) atoms. The molecule has 2 aliphatic rings. The number of amides is 2. The first-order chi connectivity index (χ1) is 12.3. The topological polar surface area (TPSA) is 159 Å². The third kappa shape index (κ3) is 3.49. The number of rotatable bonds is 4. The van der Waals surface area contributed by atoms with Gasteiger partial charge in [-0.1, -0.05) is 5.21 Å². The average molecular weight is 371 g/mol. The Labute approximate surface area is 148 Å². The molecule has 1 aromatic rings. The number of hydrogen-bond acceptors (Lipinski definition) is 9. The zero-order valence-electron chi connectivity index (χ0n) is 14.2.